The molecule has 0 heterocycles. The topological polar surface area (TPSA) is 66.5 Å². The molecule has 3 rings (SSSR count). The molecular formula is C26H29ClN2O3S. The Hall–Kier alpha value is -2.67. The van der Waals surface area contributed by atoms with E-state index in [9.17, 15) is 13.2 Å². The van der Waals surface area contributed by atoms with Crippen molar-refractivity contribution in [3.05, 3.63) is 94.5 Å². The Labute approximate surface area is 201 Å². The number of carbonyl (C=O) groups is 1. The average molecular weight is 485 g/mol. The first-order valence-electron chi connectivity index (χ1n) is 10.9. The second-order valence-electron chi connectivity index (χ2n) is 8.27. The van der Waals surface area contributed by atoms with Crippen LogP contribution in [0, 0.1) is 6.92 Å². The molecule has 3 aromatic rings. The number of hydrogen-bond donors (Lipinski definition) is 1. The zero-order chi connectivity index (χ0) is 24.0. The van der Waals surface area contributed by atoms with Crippen molar-refractivity contribution in [3.8, 4) is 0 Å². The Morgan fingerprint density at radius 2 is 1.64 bits per heavy atom. The zero-order valence-electron chi connectivity index (χ0n) is 19.1. The van der Waals surface area contributed by atoms with Gasteiger partial charge in [-0.05, 0) is 60.2 Å². The summed E-state index contributed by atoms with van der Waals surface area (Å²) in [4.78, 5) is 13.2. The van der Waals surface area contributed by atoms with E-state index in [0.29, 0.717) is 11.4 Å². The zero-order valence-corrected chi connectivity index (χ0v) is 20.7. The molecule has 33 heavy (non-hydrogen) atoms. The van der Waals surface area contributed by atoms with Crippen LogP contribution in [0.4, 0.5) is 5.69 Å². The summed E-state index contributed by atoms with van der Waals surface area (Å²) in [6.07, 6.45) is 0.489. The van der Waals surface area contributed by atoms with Crippen molar-refractivity contribution in [2.24, 2.45) is 0 Å². The predicted octanol–water partition coefficient (Wildman–Crippen LogP) is 5.64. The molecule has 0 aromatic heterocycles. The number of para-hydroxylation sites is 1. The molecule has 3 aromatic carbocycles. The molecule has 0 bridgehead atoms. The lowest BCUT2D eigenvalue weighted by molar-refractivity contribution is -0.116. The van der Waals surface area contributed by atoms with Gasteiger partial charge in [-0.15, -0.1) is 0 Å². The van der Waals surface area contributed by atoms with Crippen molar-refractivity contribution in [1.29, 1.82) is 0 Å². The molecule has 1 amide bonds. The average Bonchev–Trinajstić information content (AvgIpc) is 2.78. The Balaban J connectivity index is 1.86. The maximum absolute atomic E-state index is 13.4. The summed E-state index contributed by atoms with van der Waals surface area (Å²) in [5.41, 5.74) is 3.69. The molecular weight excluding hydrogens is 456 g/mol. The van der Waals surface area contributed by atoms with E-state index in [1.165, 1.54) is 28.6 Å². The van der Waals surface area contributed by atoms with Gasteiger partial charge >= 0.3 is 0 Å². The maximum Gasteiger partial charge on any atom is 0.243 e. The van der Waals surface area contributed by atoms with Gasteiger partial charge in [-0.1, -0.05) is 74.0 Å². The summed E-state index contributed by atoms with van der Waals surface area (Å²) < 4.78 is 28.0. The van der Waals surface area contributed by atoms with Gasteiger partial charge in [-0.25, -0.2) is 8.42 Å². The largest absolute Gasteiger partial charge is 0.324 e. The van der Waals surface area contributed by atoms with Crippen LogP contribution < -0.4 is 5.32 Å². The molecule has 0 spiro atoms. The fourth-order valence-corrected chi connectivity index (χ4v) is 5.14. The van der Waals surface area contributed by atoms with Gasteiger partial charge in [0.15, 0.2) is 0 Å². The summed E-state index contributed by atoms with van der Waals surface area (Å²) in [6.45, 7) is 5.93. The van der Waals surface area contributed by atoms with Crippen LogP contribution in [-0.2, 0) is 21.2 Å². The molecule has 0 aliphatic rings. The van der Waals surface area contributed by atoms with Crippen molar-refractivity contribution >= 4 is 33.2 Å². The van der Waals surface area contributed by atoms with E-state index < -0.39 is 10.0 Å². The van der Waals surface area contributed by atoms with Crippen molar-refractivity contribution in [2.45, 2.75) is 38.0 Å². The Morgan fingerprint density at radius 3 is 2.27 bits per heavy atom. The number of aryl methyl sites for hydroxylation is 1. The number of nitrogens with one attached hydrogen (secondary N) is 1. The number of hydrogen-bond acceptors (Lipinski definition) is 3. The minimum absolute atomic E-state index is 0.103. The van der Waals surface area contributed by atoms with Gasteiger partial charge in [0.05, 0.1) is 11.4 Å². The molecule has 0 unspecified atom stereocenters. The number of anilines is 1. The van der Waals surface area contributed by atoms with E-state index in [-0.39, 0.29) is 29.8 Å². The summed E-state index contributed by atoms with van der Waals surface area (Å²) in [5.74, 6) is -0.163. The van der Waals surface area contributed by atoms with E-state index in [1.54, 1.807) is 0 Å². The molecule has 0 aliphatic heterocycles. The molecule has 1 N–H and O–H groups in total. The number of amides is 1. The molecule has 0 aliphatic carbocycles. The van der Waals surface area contributed by atoms with Gasteiger partial charge < -0.3 is 5.32 Å². The number of halogens is 1. The highest BCUT2D eigenvalue weighted by molar-refractivity contribution is 7.89. The molecule has 0 saturated heterocycles. The smallest absolute Gasteiger partial charge is 0.243 e. The Morgan fingerprint density at radius 1 is 0.970 bits per heavy atom. The third-order valence-corrected chi connectivity index (χ3v) is 7.57. The lowest BCUT2D eigenvalue weighted by Gasteiger charge is -2.23. The normalized spacial score (nSPS) is 11.7. The minimum Gasteiger partial charge on any atom is -0.324 e. The van der Waals surface area contributed by atoms with Gasteiger partial charge in [-0.3, -0.25) is 4.79 Å². The number of sulfonamides is 1. The van der Waals surface area contributed by atoms with Crippen LogP contribution in [0.3, 0.4) is 0 Å². The van der Waals surface area contributed by atoms with E-state index >= 15 is 0 Å². The van der Waals surface area contributed by atoms with Crippen molar-refractivity contribution in [2.75, 3.05) is 18.4 Å². The number of nitrogens with zero attached hydrogens (tertiary/aromatic N) is 1. The van der Waals surface area contributed by atoms with Crippen LogP contribution in [0.25, 0.3) is 0 Å². The van der Waals surface area contributed by atoms with E-state index in [0.717, 1.165) is 22.4 Å². The number of carbonyl (C=O) groups excluding carboxylic acids is 1. The maximum atomic E-state index is 13.4. The van der Waals surface area contributed by atoms with Crippen LogP contribution in [0.1, 0.15) is 36.5 Å². The van der Waals surface area contributed by atoms with Crippen LogP contribution >= 0.6 is 11.6 Å². The summed E-state index contributed by atoms with van der Waals surface area (Å²) in [5, 5.41) is 3.40. The molecule has 5 nitrogen and oxygen atoms in total. The lowest BCUT2D eigenvalue weighted by atomic mass is 9.98. The molecule has 0 atom stereocenters. The number of benzene rings is 3. The third-order valence-electron chi connectivity index (χ3n) is 5.46. The summed E-state index contributed by atoms with van der Waals surface area (Å²) in [7, 11) is -3.90. The van der Waals surface area contributed by atoms with E-state index in [4.69, 9.17) is 11.6 Å². The summed E-state index contributed by atoms with van der Waals surface area (Å²) in [6, 6.07) is 21.5. The molecule has 0 saturated carbocycles. The van der Waals surface area contributed by atoms with Crippen molar-refractivity contribution in [1.82, 2.24) is 4.31 Å². The molecule has 0 radical (unpaired) electrons. The van der Waals surface area contributed by atoms with Crippen LogP contribution in [0.2, 0.25) is 5.02 Å². The van der Waals surface area contributed by atoms with Crippen molar-refractivity contribution in [3.63, 3.8) is 0 Å². The summed E-state index contributed by atoms with van der Waals surface area (Å²) >= 11 is 5.94. The Kier molecular flexibility index (Phi) is 8.30. The van der Waals surface area contributed by atoms with E-state index in [2.05, 4.69) is 19.2 Å². The fourth-order valence-electron chi connectivity index (χ4n) is 3.62. The first-order valence-corrected chi connectivity index (χ1v) is 12.7. The number of rotatable bonds is 9. The van der Waals surface area contributed by atoms with E-state index in [1.807, 2.05) is 55.5 Å². The highest BCUT2D eigenvalue weighted by atomic mass is 35.5. The van der Waals surface area contributed by atoms with Gasteiger partial charge in [0.25, 0.3) is 0 Å². The monoisotopic (exact) mass is 484 g/mol. The predicted molar refractivity (Wildman–Crippen MR) is 134 cm³/mol. The second kappa shape index (κ2) is 11.0. The lowest BCUT2D eigenvalue weighted by Crippen LogP contribution is -2.39. The SMILES string of the molecule is Cc1cccc(C(C)C)c1NC(=O)CN(CCc1ccccc1)S(=O)(=O)c1ccc(Cl)cc1. The van der Waals surface area contributed by atoms with Crippen LogP contribution in [0.15, 0.2) is 77.7 Å². The van der Waals surface area contributed by atoms with Gasteiger partial charge in [0.2, 0.25) is 15.9 Å². The standard InChI is InChI=1S/C26H29ClN2O3S/c1-19(2)24-11-7-8-20(3)26(24)28-25(30)18-29(17-16-21-9-5-4-6-10-21)33(31,32)23-14-12-22(27)13-15-23/h4-15,19H,16-18H2,1-3H3,(H,28,30). The van der Waals surface area contributed by atoms with Crippen LogP contribution in [0.5, 0.6) is 0 Å². The van der Waals surface area contributed by atoms with Crippen LogP contribution in [-0.4, -0.2) is 31.7 Å². The van der Waals surface area contributed by atoms with Gasteiger partial charge in [0, 0.05) is 17.3 Å². The third kappa shape index (κ3) is 6.44. The molecule has 7 heteroatoms. The minimum atomic E-state index is -3.90. The van der Waals surface area contributed by atoms with Gasteiger partial charge in [-0.2, -0.15) is 4.31 Å². The molecule has 0 fully saturated rings. The highest BCUT2D eigenvalue weighted by Gasteiger charge is 2.27. The molecule has 174 valence electrons. The first-order chi connectivity index (χ1) is 15.7. The highest BCUT2D eigenvalue weighted by Crippen LogP contribution is 2.27. The first kappa shape index (κ1) is 25.0. The van der Waals surface area contributed by atoms with Gasteiger partial charge in [0.1, 0.15) is 0 Å². The van der Waals surface area contributed by atoms with Crippen molar-refractivity contribution < 1.29 is 13.2 Å². The second-order valence-corrected chi connectivity index (χ2v) is 10.6. The Bertz CT molecular complexity index is 1190. The quantitative estimate of drug-likeness (QED) is 0.427. The fraction of sp³-hybridized carbons (Fsp3) is 0.269.